The van der Waals surface area contributed by atoms with Gasteiger partial charge in [-0.15, -0.1) is 0 Å². The number of sulfonamides is 1. The van der Waals surface area contributed by atoms with Gasteiger partial charge in [0, 0.05) is 31.3 Å². The van der Waals surface area contributed by atoms with Crippen LogP contribution in [0.3, 0.4) is 0 Å². The van der Waals surface area contributed by atoms with E-state index in [0.717, 1.165) is 12.0 Å². The normalized spacial score (nSPS) is 18.9. The summed E-state index contributed by atoms with van der Waals surface area (Å²) >= 11 is 0. The van der Waals surface area contributed by atoms with E-state index >= 15 is 0 Å². The van der Waals surface area contributed by atoms with Crippen molar-refractivity contribution in [2.45, 2.75) is 31.6 Å². The van der Waals surface area contributed by atoms with E-state index in [1.54, 1.807) is 26.4 Å². The van der Waals surface area contributed by atoms with Crippen molar-refractivity contribution in [2.24, 2.45) is 11.8 Å². The molecule has 2 atom stereocenters. The Hall–Kier alpha value is -2.78. The molecule has 34 heavy (non-hydrogen) atoms. The van der Waals surface area contributed by atoms with Crippen molar-refractivity contribution in [3.8, 4) is 17.2 Å². The maximum Gasteiger partial charge on any atom is 0.251 e. The Labute approximate surface area is 202 Å². The lowest BCUT2D eigenvalue weighted by atomic mass is 9.94. The van der Waals surface area contributed by atoms with Gasteiger partial charge < -0.3 is 19.5 Å². The van der Waals surface area contributed by atoms with Crippen LogP contribution in [-0.4, -0.2) is 59.6 Å². The molecule has 0 aliphatic carbocycles. The van der Waals surface area contributed by atoms with Gasteiger partial charge in [0.05, 0.1) is 21.3 Å². The van der Waals surface area contributed by atoms with Gasteiger partial charge in [-0.3, -0.25) is 4.79 Å². The highest BCUT2D eigenvalue weighted by Crippen LogP contribution is 2.32. The van der Waals surface area contributed by atoms with Crippen molar-refractivity contribution in [3.63, 3.8) is 0 Å². The molecule has 1 amide bonds. The molecule has 3 rings (SSSR count). The Morgan fingerprint density at radius 1 is 0.971 bits per heavy atom. The van der Waals surface area contributed by atoms with Crippen LogP contribution in [0, 0.1) is 11.8 Å². The predicted octanol–water partition coefficient (Wildman–Crippen LogP) is 3.35. The monoisotopic (exact) mass is 490 g/mol. The standard InChI is InChI=1S/C25H34N2O6S/c1-17-12-18(2)16-27(15-17)34(29,30)24-13-20(7-9-22(24)32-4)25(28)26-11-10-19-6-8-21(31-3)14-23(19)33-5/h6-9,13-14,17-18H,10-12,15-16H2,1-5H3,(H,26,28). The molecule has 1 fully saturated rings. The first kappa shape index (κ1) is 25.8. The summed E-state index contributed by atoms with van der Waals surface area (Å²) in [5.41, 5.74) is 1.19. The van der Waals surface area contributed by atoms with E-state index in [-0.39, 0.29) is 34.0 Å². The Kier molecular flexibility index (Phi) is 8.43. The Morgan fingerprint density at radius 2 is 1.65 bits per heavy atom. The van der Waals surface area contributed by atoms with Crippen LogP contribution in [0.25, 0.3) is 0 Å². The summed E-state index contributed by atoms with van der Waals surface area (Å²) in [4.78, 5) is 12.9. The number of rotatable bonds is 9. The zero-order chi connectivity index (χ0) is 24.9. The number of hydrogen-bond donors (Lipinski definition) is 1. The summed E-state index contributed by atoms with van der Waals surface area (Å²) < 4.78 is 44.3. The third kappa shape index (κ3) is 5.82. The van der Waals surface area contributed by atoms with Gasteiger partial charge in [-0.05, 0) is 54.5 Å². The SMILES string of the molecule is COc1ccc(CCNC(=O)c2ccc(OC)c(S(=O)(=O)N3CC(C)CC(C)C3)c2)c(OC)c1. The third-order valence-electron chi connectivity index (χ3n) is 6.05. The van der Waals surface area contributed by atoms with E-state index in [0.29, 0.717) is 37.6 Å². The topological polar surface area (TPSA) is 94.2 Å². The number of nitrogens with one attached hydrogen (secondary N) is 1. The van der Waals surface area contributed by atoms with Crippen LogP contribution >= 0.6 is 0 Å². The van der Waals surface area contributed by atoms with Crippen LogP contribution in [0.4, 0.5) is 0 Å². The van der Waals surface area contributed by atoms with E-state index in [4.69, 9.17) is 14.2 Å². The van der Waals surface area contributed by atoms with Crippen molar-refractivity contribution in [3.05, 3.63) is 47.5 Å². The molecule has 2 aromatic rings. The molecule has 1 heterocycles. The van der Waals surface area contributed by atoms with E-state index in [1.807, 2.05) is 12.1 Å². The summed E-state index contributed by atoms with van der Waals surface area (Å²) in [7, 11) is 0.794. The number of carbonyl (C=O) groups is 1. The van der Waals surface area contributed by atoms with Crippen LogP contribution in [0.15, 0.2) is 41.3 Å². The van der Waals surface area contributed by atoms with Crippen molar-refractivity contribution in [2.75, 3.05) is 41.0 Å². The number of ether oxygens (including phenoxy) is 3. The number of amides is 1. The fraction of sp³-hybridized carbons (Fsp3) is 0.480. The van der Waals surface area contributed by atoms with Crippen LogP contribution in [0.5, 0.6) is 17.2 Å². The van der Waals surface area contributed by atoms with Crippen molar-refractivity contribution >= 4 is 15.9 Å². The van der Waals surface area contributed by atoms with Gasteiger partial charge >= 0.3 is 0 Å². The number of carbonyl (C=O) groups excluding carboxylic acids is 1. The predicted molar refractivity (Wildman–Crippen MR) is 130 cm³/mol. The molecule has 9 heteroatoms. The molecule has 1 aliphatic rings. The summed E-state index contributed by atoms with van der Waals surface area (Å²) in [5, 5.41) is 2.86. The minimum Gasteiger partial charge on any atom is -0.497 e. The highest BCUT2D eigenvalue weighted by atomic mass is 32.2. The summed E-state index contributed by atoms with van der Waals surface area (Å²) in [5.74, 6) is 1.78. The minimum absolute atomic E-state index is 0.0146. The number of benzene rings is 2. The van der Waals surface area contributed by atoms with Crippen molar-refractivity contribution < 1.29 is 27.4 Å². The molecular formula is C25H34N2O6S. The first-order valence-corrected chi connectivity index (χ1v) is 12.8. The zero-order valence-corrected chi connectivity index (χ0v) is 21.3. The van der Waals surface area contributed by atoms with Crippen LogP contribution < -0.4 is 19.5 Å². The van der Waals surface area contributed by atoms with Gasteiger partial charge in [-0.1, -0.05) is 19.9 Å². The highest BCUT2D eigenvalue weighted by molar-refractivity contribution is 7.89. The quantitative estimate of drug-likeness (QED) is 0.579. The van der Waals surface area contributed by atoms with E-state index in [9.17, 15) is 13.2 Å². The molecule has 1 aliphatic heterocycles. The van der Waals surface area contributed by atoms with E-state index in [2.05, 4.69) is 19.2 Å². The van der Waals surface area contributed by atoms with Gasteiger partial charge in [0.1, 0.15) is 22.1 Å². The number of methoxy groups -OCH3 is 3. The Bertz CT molecular complexity index is 1110. The van der Waals surface area contributed by atoms with E-state index in [1.165, 1.54) is 23.5 Å². The lowest BCUT2D eigenvalue weighted by molar-refractivity contribution is 0.0953. The molecule has 1 N–H and O–H groups in total. The Morgan fingerprint density at radius 3 is 2.26 bits per heavy atom. The van der Waals surface area contributed by atoms with Gasteiger partial charge in [-0.2, -0.15) is 4.31 Å². The lowest BCUT2D eigenvalue weighted by Gasteiger charge is -2.34. The molecule has 1 saturated heterocycles. The molecule has 0 spiro atoms. The molecular weight excluding hydrogens is 456 g/mol. The van der Waals surface area contributed by atoms with Crippen molar-refractivity contribution in [1.82, 2.24) is 9.62 Å². The number of piperidine rings is 1. The van der Waals surface area contributed by atoms with Crippen molar-refractivity contribution in [1.29, 1.82) is 0 Å². The summed E-state index contributed by atoms with van der Waals surface area (Å²) in [6.45, 7) is 5.37. The summed E-state index contributed by atoms with van der Waals surface area (Å²) in [6.07, 6.45) is 1.54. The molecule has 0 saturated carbocycles. The third-order valence-corrected chi connectivity index (χ3v) is 7.91. The molecule has 8 nitrogen and oxygen atoms in total. The van der Waals surface area contributed by atoms with Crippen LogP contribution in [0.1, 0.15) is 36.2 Å². The first-order chi connectivity index (χ1) is 16.2. The first-order valence-electron chi connectivity index (χ1n) is 11.4. The zero-order valence-electron chi connectivity index (χ0n) is 20.5. The summed E-state index contributed by atoms with van der Waals surface area (Å²) in [6, 6.07) is 10.0. The van der Waals surface area contributed by atoms with Crippen LogP contribution in [0.2, 0.25) is 0 Å². The lowest BCUT2D eigenvalue weighted by Crippen LogP contribution is -2.42. The fourth-order valence-corrected chi connectivity index (χ4v) is 6.29. The molecule has 2 unspecified atom stereocenters. The maximum atomic E-state index is 13.4. The average molecular weight is 491 g/mol. The fourth-order valence-electron chi connectivity index (χ4n) is 4.43. The van der Waals surface area contributed by atoms with E-state index < -0.39 is 10.0 Å². The van der Waals surface area contributed by atoms with Gasteiger partial charge in [0.25, 0.3) is 5.91 Å². The number of nitrogens with zero attached hydrogens (tertiary/aromatic N) is 1. The molecule has 2 aromatic carbocycles. The number of hydrogen-bond acceptors (Lipinski definition) is 6. The van der Waals surface area contributed by atoms with Gasteiger partial charge in [-0.25, -0.2) is 8.42 Å². The smallest absolute Gasteiger partial charge is 0.251 e. The highest BCUT2D eigenvalue weighted by Gasteiger charge is 2.34. The maximum absolute atomic E-state index is 13.4. The second-order valence-electron chi connectivity index (χ2n) is 8.82. The second-order valence-corrected chi connectivity index (χ2v) is 10.7. The molecule has 0 aromatic heterocycles. The Balaban J connectivity index is 1.75. The van der Waals surface area contributed by atoms with Gasteiger partial charge in [0.15, 0.2) is 0 Å². The molecule has 0 bridgehead atoms. The molecule has 0 radical (unpaired) electrons. The second kappa shape index (κ2) is 11.1. The van der Waals surface area contributed by atoms with Crippen LogP contribution in [-0.2, 0) is 16.4 Å². The van der Waals surface area contributed by atoms with Gasteiger partial charge in [0.2, 0.25) is 10.0 Å². The average Bonchev–Trinajstić information content (AvgIpc) is 2.83. The minimum atomic E-state index is -3.81. The largest absolute Gasteiger partial charge is 0.497 e. The molecule has 186 valence electrons.